The molecule has 2 N–H and O–H groups in total. The van der Waals surface area contributed by atoms with Gasteiger partial charge in [-0.2, -0.15) is 4.31 Å². The molecule has 0 spiro atoms. The Morgan fingerprint density at radius 1 is 1.33 bits per heavy atom. The number of hydrogen-bond donors (Lipinski definition) is 1. The van der Waals surface area contributed by atoms with Crippen LogP contribution in [-0.4, -0.2) is 31.4 Å². The monoisotopic (exact) mass is 324 g/mol. The molecule has 1 aliphatic rings. The molecule has 3 rings (SSSR count). The number of aryl methyl sites for hydroxylation is 1. The van der Waals surface area contributed by atoms with E-state index in [0.717, 1.165) is 27.8 Å². The van der Waals surface area contributed by atoms with Crippen LogP contribution in [0.4, 0.5) is 0 Å². The summed E-state index contributed by atoms with van der Waals surface area (Å²) < 4.78 is 28.8. The molecule has 1 aromatic carbocycles. The highest BCUT2D eigenvalue weighted by Crippen LogP contribution is 2.37. The van der Waals surface area contributed by atoms with E-state index in [2.05, 4.69) is 0 Å². The maximum atomic E-state index is 13.1. The highest BCUT2D eigenvalue weighted by molar-refractivity contribution is 7.89. The van der Waals surface area contributed by atoms with Crippen LogP contribution in [0, 0.1) is 6.92 Å². The van der Waals surface area contributed by atoms with Crippen molar-refractivity contribution in [2.75, 3.05) is 6.54 Å². The number of benzene rings is 1. The molecule has 0 saturated carbocycles. The fourth-order valence-electron chi connectivity index (χ4n) is 3.13. The van der Waals surface area contributed by atoms with E-state index in [1.54, 1.807) is 15.6 Å². The summed E-state index contributed by atoms with van der Waals surface area (Å²) in [5.41, 5.74) is 5.95. The van der Waals surface area contributed by atoms with Gasteiger partial charge in [-0.3, -0.25) is 0 Å². The lowest BCUT2D eigenvalue weighted by atomic mass is 10.0. The first-order valence-electron chi connectivity index (χ1n) is 7.17. The van der Waals surface area contributed by atoms with Crippen LogP contribution in [-0.2, 0) is 10.0 Å². The molecule has 1 fully saturated rings. The molecule has 1 aliphatic heterocycles. The lowest BCUT2D eigenvalue weighted by molar-refractivity contribution is 0.247. The van der Waals surface area contributed by atoms with Crippen LogP contribution in [0.5, 0.6) is 0 Å². The molecule has 1 aromatic heterocycles. The summed E-state index contributed by atoms with van der Waals surface area (Å²) >= 11 is 1.54. The Morgan fingerprint density at radius 2 is 2.05 bits per heavy atom. The summed E-state index contributed by atoms with van der Waals surface area (Å²) in [6.45, 7) is 4.34. The van der Waals surface area contributed by atoms with E-state index in [1.807, 2.05) is 38.1 Å². The fourth-order valence-corrected chi connectivity index (χ4v) is 6.55. The zero-order chi connectivity index (χ0) is 15.2. The largest absolute Gasteiger partial charge is 0.328 e. The smallest absolute Gasteiger partial charge is 0.245 e. The molecule has 4 nitrogen and oxygen atoms in total. The van der Waals surface area contributed by atoms with Crippen molar-refractivity contribution < 1.29 is 8.42 Å². The van der Waals surface area contributed by atoms with Gasteiger partial charge in [-0.15, -0.1) is 11.3 Å². The molecule has 0 unspecified atom stereocenters. The van der Waals surface area contributed by atoms with Crippen molar-refractivity contribution in [2.24, 2.45) is 5.73 Å². The lowest BCUT2D eigenvalue weighted by Crippen LogP contribution is -2.48. The molecule has 0 amide bonds. The second-order valence-corrected chi connectivity index (χ2v) is 8.82. The number of rotatable bonds is 2. The average Bonchev–Trinajstić information content (AvgIpc) is 2.74. The van der Waals surface area contributed by atoms with Gasteiger partial charge >= 0.3 is 0 Å². The van der Waals surface area contributed by atoms with Crippen LogP contribution < -0.4 is 5.73 Å². The van der Waals surface area contributed by atoms with Gasteiger partial charge in [0, 0.05) is 33.6 Å². The molecule has 2 aromatic rings. The molecule has 0 bridgehead atoms. The highest BCUT2D eigenvalue weighted by atomic mass is 32.2. The maximum Gasteiger partial charge on any atom is 0.245 e. The third-order valence-electron chi connectivity index (χ3n) is 4.14. The van der Waals surface area contributed by atoms with Gasteiger partial charge in [-0.1, -0.05) is 18.2 Å². The van der Waals surface area contributed by atoms with Crippen molar-refractivity contribution in [2.45, 2.75) is 43.7 Å². The van der Waals surface area contributed by atoms with Crippen molar-refractivity contribution >= 4 is 31.4 Å². The van der Waals surface area contributed by atoms with E-state index < -0.39 is 10.0 Å². The topological polar surface area (TPSA) is 63.4 Å². The molecule has 0 aliphatic carbocycles. The van der Waals surface area contributed by atoms with E-state index in [4.69, 9.17) is 5.73 Å². The van der Waals surface area contributed by atoms with E-state index in [1.165, 1.54) is 0 Å². The van der Waals surface area contributed by atoms with Crippen molar-refractivity contribution in [1.82, 2.24) is 4.31 Å². The van der Waals surface area contributed by atoms with Gasteiger partial charge in [0.15, 0.2) is 0 Å². The Bertz CT molecular complexity index is 767. The van der Waals surface area contributed by atoms with Crippen LogP contribution >= 0.6 is 11.3 Å². The van der Waals surface area contributed by atoms with Crippen LogP contribution in [0.25, 0.3) is 10.1 Å². The molecule has 21 heavy (non-hydrogen) atoms. The highest BCUT2D eigenvalue weighted by Gasteiger charge is 2.35. The number of sulfonamides is 1. The summed E-state index contributed by atoms with van der Waals surface area (Å²) in [7, 11) is -3.46. The Kier molecular flexibility index (Phi) is 3.81. The molecule has 6 heteroatoms. The van der Waals surface area contributed by atoms with Gasteiger partial charge in [-0.25, -0.2) is 8.42 Å². The van der Waals surface area contributed by atoms with Gasteiger partial charge in [-0.05, 0) is 32.8 Å². The second kappa shape index (κ2) is 5.35. The third-order valence-corrected chi connectivity index (χ3v) is 7.55. The number of fused-ring (bicyclic) bond motifs is 1. The number of piperidine rings is 1. The summed E-state index contributed by atoms with van der Waals surface area (Å²) in [6.07, 6.45) is 1.45. The average molecular weight is 324 g/mol. The van der Waals surface area contributed by atoms with Gasteiger partial charge in [0.1, 0.15) is 4.90 Å². The Morgan fingerprint density at radius 3 is 2.76 bits per heavy atom. The van der Waals surface area contributed by atoms with Gasteiger partial charge in [0.05, 0.1) is 0 Å². The van der Waals surface area contributed by atoms with E-state index in [9.17, 15) is 8.42 Å². The van der Waals surface area contributed by atoms with Crippen LogP contribution in [0.1, 0.15) is 24.6 Å². The Balaban J connectivity index is 2.10. The fraction of sp³-hybridized carbons (Fsp3) is 0.467. The molecule has 1 saturated heterocycles. The zero-order valence-electron chi connectivity index (χ0n) is 12.2. The number of hydrogen-bond acceptors (Lipinski definition) is 4. The van der Waals surface area contributed by atoms with Crippen molar-refractivity contribution in [3.05, 3.63) is 29.1 Å². The molecule has 2 heterocycles. The predicted octanol–water partition coefficient (Wildman–Crippen LogP) is 2.71. The second-order valence-electron chi connectivity index (χ2n) is 5.73. The van der Waals surface area contributed by atoms with Crippen molar-refractivity contribution in [3.8, 4) is 0 Å². The third kappa shape index (κ3) is 2.50. The quantitative estimate of drug-likeness (QED) is 0.924. The van der Waals surface area contributed by atoms with Crippen molar-refractivity contribution in [1.29, 1.82) is 0 Å². The van der Waals surface area contributed by atoms with E-state index in [0.29, 0.717) is 11.4 Å². The summed E-state index contributed by atoms with van der Waals surface area (Å²) in [5, 5.41) is 0.835. The van der Waals surface area contributed by atoms with Crippen LogP contribution in [0.15, 0.2) is 29.2 Å². The first-order chi connectivity index (χ1) is 9.91. The summed E-state index contributed by atoms with van der Waals surface area (Å²) in [5.74, 6) is 0. The predicted molar refractivity (Wildman–Crippen MR) is 87.1 cm³/mol. The molecule has 2 atom stereocenters. The normalized spacial score (nSPS) is 24.5. The lowest BCUT2D eigenvalue weighted by Gasteiger charge is -2.35. The van der Waals surface area contributed by atoms with Gasteiger partial charge in [0.25, 0.3) is 0 Å². The minimum atomic E-state index is -3.46. The number of nitrogens with two attached hydrogens (primary N) is 1. The maximum absolute atomic E-state index is 13.1. The zero-order valence-corrected chi connectivity index (χ0v) is 13.9. The minimum Gasteiger partial charge on any atom is -0.328 e. The first-order valence-corrected chi connectivity index (χ1v) is 9.42. The molecule has 0 radical (unpaired) electrons. The molecule has 114 valence electrons. The first kappa shape index (κ1) is 15.0. The summed E-state index contributed by atoms with van der Waals surface area (Å²) in [4.78, 5) is 1.34. The standard InChI is InChI=1S/C15H20N2O2S2/c1-10-9-12(16)7-8-17(10)21(18,19)15-11(2)20-14-6-4-3-5-13(14)15/h3-6,10,12H,7-9,16H2,1-2H3/t10-,12+/m1/s1. The van der Waals surface area contributed by atoms with Gasteiger partial charge < -0.3 is 5.73 Å². The summed E-state index contributed by atoms with van der Waals surface area (Å²) in [6, 6.07) is 7.76. The Hall–Kier alpha value is -0.950. The number of thiophene rings is 1. The Labute approximate surface area is 129 Å². The van der Waals surface area contributed by atoms with E-state index in [-0.39, 0.29) is 12.1 Å². The minimum absolute atomic E-state index is 0.0446. The van der Waals surface area contributed by atoms with Crippen LogP contribution in [0.2, 0.25) is 0 Å². The molecular weight excluding hydrogens is 304 g/mol. The van der Waals surface area contributed by atoms with Gasteiger partial charge in [0.2, 0.25) is 10.0 Å². The van der Waals surface area contributed by atoms with Crippen LogP contribution in [0.3, 0.4) is 0 Å². The van der Waals surface area contributed by atoms with E-state index >= 15 is 0 Å². The van der Waals surface area contributed by atoms with Crippen molar-refractivity contribution in [3.63, 3.8) is 0 Å². The SMILES string of the molecule is Cc1sc2ccccc2c1S(=O)(=O)N1CC[C@H](N)C[C@H]1C. The number of nitrogens with zero attached hydrogens (tertiary/aromatic N) is 1. The molecular formula is C15H20N2O2S2.